The molecule has 1 aliphatic rings. The summed E-state index contributed by atoms with van der Waals surface area (Å²) in [6, 6.07) is 3.87. The highest BCUT2D eigenvalue weighted by molar-refractivity contribution is 6.00. The highest BCUT2D eigenvalue weighted by atomic mass is 16.6. The molecule has 0 atom stereocenters. The molecule has 0 aliphatic carbocycles. The molecule has 144 valence electrons. The van der Waals surface area contributed by atoms with Crippen LogP contribution in [-0.4, -0.2) is 57.9 Å². The summed E-state index contributed by atoms with van der Waals surface area (Å²) in [4.78, 5) is 47.1. The maximum Gasteiger partial charge on any atom is 0.377 e. The molecule has 0 aromatic heterocycles. The summed E-state index contributed by atoms with van der Waals surface area (Å²) in [6.45, 7) is -0.102. The molecule has 0 saturated heterocycles. The number of carbonyl (C=O) groups excluding carboxylic acids is 4. The van der Waals surface area contributed by atoms with Gasteiger partial charge in [0.25, 0.3) is 5.91 Å². The van der Waals surface area contributed by atoms with Crippen LogP contribution < -0.4 is 5.32 Å². The molecule has 1 aliphatic heterocycles. The Hall–Kier alpha value is -3.56. The molecule has 2 rings (SSSR count). The molecule has 1 aromatic rings. The van der Waals surface area contributed by atoms with E-state index >= 15 is 0 Å². The number of methoxy groups -OCH3 is 2. The van der Waals surface area contributed by atoms with E-state index in [-0.39, 0.29) is 29.2 Å². The van der Waals surface area contributed by atoms with Gasteiger partial charge < -0.3 is 29.0 Å². The minimum absolute atomic E-state index is 0.0330. The second kappa shape index (κ2) is 9.22. The van der Waals surface area contributed by atoms with Crippen LogP contribution in [0.1, 0.15) is 20.7 Å². The van der Waals surface area contributed by atoms with Crippen molar-refractivity contribution in [3.63, 3.8) is 0 Å². The molecule has 0 saturated carbocycles. The maximum atomic E-state index is 12.0. The summed E-state index contributed by atoms with van der Waals surface area (Å²) < 4.78 is 24.0. The lowest BCUT2D eigenvalue weighted by molar-refractivity contribution is -0.148. The number of esters is 3. The van der Waals surface area contributed by atoms with E-state index in [9.17, 15) is 19.2 Å². The van der Waals surface area contributed by atoms with Crippen molar-refractivity contribution in [3.8, 4) is 0 Å². The molecule has 0 radical (unpaired) electrons. The fourth-order valence-electron chi connectivity index (χ4n) is 2.05. The molecule has 1 amide bonds. The fraction of sp³-hybridized carbons (Fsp3) is 0.294. The highest BCUT2D eigenvalue weighted by Crippen LogP contribution is 2.17. The number of rotatable bonds is 6. The number of anilines is 1. The van der Waals surface area contributed by atoms with Crippen molar-refractivity contribution in [2.45, 2.75) is 0 Å². The van der Waals surface area contributed by atoms with Gasteiger partial charge in [-0.1, -0.05) is 0 Å². The quantitative estimate of drug-likeness (QED) is 0.559. The molecular formula is C17H17NO9. The van der Waals surface area contributed by atoms with Crippen LogP contribution in [-0.2, 0) is 33.3 Å². The van der Waals surface area contributed by atoms with Crippen LogP contribution in [0.4, 0.5) is 5.69 Å². The van der Waals surface area contributed by atoms with Crippen LogP contribution >= 0.6 is 0 Å². The van der Waals surface area contributed by atoms with Crippen molar-refractivity contribution < 1.29 is 42.9 Å². The summed E-state index contributed by atoms with van der Waals surface area (Å²) in [5, 5.41) is 2.42. The van der Waals surface area contributed by atoms with Gasteiger partial charge in [-0.05, 0) is 18.2 Å². The van der Waals surface area contributed by atoms with Gasteiger partial charge in [0.05, 0.1) is 25.3 Å². The Morgan fingerprint density at radius 2 is 1.59 bits per heavy atom. The number of nitrogens with one attached hydrogen (secondary N) is 1. The minimum Gasteiger partial charge on any atom is -0.493 e. The third-order valence-electron chi connectivity index (χ3n) is 3.24. The van der Waals surface area contributed by atoms with Crippen LogP contribution in [0.25, 0.3) is 0 Å². The van der Waals surface area contributed by atoms with Crippen molar-refractivity contribution in [2.75, 3.05) is 39.4 Å². The van der Waals surface area contributed by atoms with Crippen molar-refractivity contribution in [1.29, 1.82) is 0 Å². The highest BCUT2D eigenvalue weighted by Gasteiger charge is 2.19. The van der Waals surface area contributed by atoms with E-state index in [0.29, 0.717) is 6.61 Å². The van der Waals surface area contributed by atoms with Crippen LogP contribution in [0.5, 0.6) is 0 Å². The normalized spacial score (nSPS) is 12.6. The average molecular weight is 379 g/mol. The molecule has 0 fully saturated rings. The minimum atomic E-state index is -0.858. The predicted octanol–water partition coefficient (Wildman–Crippen LogP) is 0.630. The number of hydrogen-bond acceptors (Lipinski definition) is 9. The van der Waals surface area contributed by atoms with Crippen molar-refractivity contribution in [3.05, 3.63) is 41.3 Å². The Morgan fingerprint density at radius 3 is 2.11 bits per heavy atom. The Bertz CT molecular complexity index is 750. The van der Waals surface area contributed by atoms with E-state index in [1.165, 1.54) is 32.4 Å². The lowest BCUT2D eigenvalue weighted by Gasteiger charge is -2.14. The number of amides is 1. The maximum absolute atomic E-state index is 12.0. The van der Waals surface area contributed by atoms with E-state index in [1.807, 2.05) is 0 Å². The first-order valence-electron chi connectivity index (χ1n) is 7.68. The van der Waals surface area contributed by atoms with Gasteiger partial charge in [0.1, 0.15) is 19.5 Å². The van der Waals surface area contributed by atoms with Gasteiger partial charge >= 0.3 is 17.9 Å². The summed E-state index contributed by atoms with van der Waals surface area (Å²) in [6.07, 6.45) is 1.10. The van der Waals surface area contributed by atoms with Crippen molar-refractivity contribution in [2.24, 2.45) is 0 Å². The standard InChI is InChI=1S/C17H17NO9/c1-23-15(20)10-5-11(16(21)24-2)7-12(6-10)18-14(19)9-27-17(22)13-8-25-3-4-26-13/h5-8H,3-4,9H2,1-2H3,(H,18,19). The van der Waals surface area contributed by atoms with Gasteiger partial charge in [0, 0.05) is 5.69 Å². The number of carbonyl (C=O) groups is 4. The zero-order valence-corrected chi connectivity index (χ0v) is 14.6. The number of benzene rings is 1. The average Bonchev–Trinajstić information content (AvgIpc) is 2.71. The molecule has 1 N–H and O–H groups in total. The fourth-order valence-corrected chi connectivity index (χ4v) is 2.05. The first kappa shape index (κ1) is 19.8. The molecule has 27 heavy (non-hydrogen) atoms. The first-order valence-corrected chi connectivity index (χ1v) is 7.68. The molecule has 1 aromatic carbocycles. The largest absolute Gasteiger partial charge is 0.493 e. The van der Waals surface area contributed by atoms with E-state index in [4.69, 9.17) is 14.2 Å². The lowest BCUT2D eigenvalue weighted by Crippen LogP contribution is -2.24. The SMILES string of the molecule is COC(=O)c1cc(NC(=O)COC(=O)C2=COCCO2)cc(C(=O)OC)c1. The predicted molar refractivity (Wildman–Crippen MR) is 88.7 cm³/mol. The monoisotopic (exact) mass is 379 g/mol. The Morgan fingerprint density at radius 1 is 0.963 bits per heavy atom. The molecule has 0 bridgehead atoms. The van der Waals surface area contributed by atoms with Crippen molar-refractivity contribution >= 4 is 29.5 Å². The zero-order valence-electron chi connectivity index (χ0n) is 14.6. The number of hydrogen-bond donors (Lipinski definition) is 1. The topological polar surface area (TPSA) is 126 Å². The summed E-state index contributed by atoms with van der Waals surface area (Å²) >= 11 is 0. The van der Waals surface area contributed by atoms with Gasteiger partial charge in [0.15, 0.2) is 6.61 Å². The summed E-state index contributed by atoms with van der Waals surface area (Å²) in [7, 11) is 2.35. The molecular weight excluding hydrogens is 362 g/mol. The van der Waals surface area contributed by atoms with Gasteiger partial charge in [-0.25, -0.2) is 14.4 Å². The van der Waals surface area contributed by atoms with E-state index in [2.05, 4.69) is 14.8 Å². The third kappa shape index (κ3) is 5.46. The van der Waals surface area contributed by atoms with E-state index in [0.717, 1.165) is 6.26 Å². The Balaban J connectivity index is 2.05. The molecule has 10 nitrogen and oxygen atoms in total. The van der Waals surface area contributed by atoms with E-state index in [1.54, 1.807) is 0 Å². The Labute approximate surface area is 154 Å². The lowest BCUT2D eigenvalue weighted by atomic mass is 10.1. The second-order valence-electron chi connectivity index (χ2n) is 5.11. The molecule has 1 heterocycles. The molecule has 10 heteroatoms. The summed E-state index contributed by atoms with van der Waals surface area (Å²) in [5.41, 5.74) is 0.187. The first-order chi connectivity index (χ1) is 12.9. The molecule has 0 unspecified atom stereocenters. The Kier molecular flexibility index (Phi) is 6.75. The second-order valence-corrected chi connectivity index (χ2v) is 5.11. The van der Waals surface area contributed by atoms with Gasteiger partial charge in [-0.3, -0.25) is 4.79 Å². The van der Waals surface area contributed by atoms with Gasteiger partial charge in [0.2, 0.25) is 5.76 Å². The van der Waals surface area contributed by atoms with Crippen LogP contribution in [0, 0.1) is 0 Å². The van der Waals surface area contributed by atoms with Crippen molar-refractivity contribution in [1.82, 2.24) is 0 Å². The number of ether oxygens (including phenoxy) is 5. The smallest absolute Gasteiger partial charge is 0.377 e. The van der Waals surface area contributed by atoms with E-state index < -0.39 is 30.4 Å². The van der Waals surface area contributed by atoms with Gasteiger partial charge in [-0.2, -0.15) is 0 Å². The zero-order chi connectivity index (χ0) is 19.8. The van der Waals surface area contributed by atoms with Crippen LogP contribution in [0.15, 0.2) is 30.2 Å². The van der Waals surface area contributed by atoms with Gasteiger partial charge in [-0.15, -0.1) is 0 Å². The van der Waals surface area contributed by atoms with Crippen LogP contribution in [0.2, 0.25) is 0 Å². The summed E-state index contributed by atoms with van der Waals surface area (Å²) in [5.74, 6) is -3.11. The van der Waals surface area contributed by atoms with Crippen LogP contribution in [0.3, 0.4) is 0 Å². The third-order valence-corrected chi connectivity index (χ3v) is 3.24. The molecule has 0 spiro atoms.